The summed E-state index contributed by atoms with van der Waals surface area (Å²) in [5, 5.41) is 0. The predicted octanol–water partition coefficient (Wildman–Crippen LogP) is 4.44. The number of hydrogen-bond acceptors (Lipinski definition) is 1. The maximum absolute atomic E-state index is 6.04. The lowest BCUT2D eigenvalue weighted by Gasteiger charge is -2.41. The van der Waals surface area contributed by atoms with Gasteiger partial charge in [0.1, 0.15) is 5.82 Å². The van der Waals surface area contributed by atoms with Crippen LogP contribution < -0.4 is 0 Å². The van der Waals surface area contributed by atoms with Gasteiger partial charge in [-0.3, -0.25) is 0 Å². The SMILES string of the molecule is CC1(n2c(CCl)nc3ccc(Br)cc32)CCC1. The Morgan fingerprint density at radius 3 is 2.82 bits per heavy atom. The average Bonchev–Trinajstić information content (AvgIpc) is 2.64. The van der Waals surface area contributed by atoms with Gasteiger partial charge < -0.3 is 4.57 Å². The Morgan fingerprint density at radius 1 is 1.47 bits per heavy atom. The molecule has 4 heteroatoms. The molecule has 2 nitrogen and oxygen atoms in total. The predicted molar refractivity (Wildman–Crippen MR) is 74.5 cm³/mol. The van der Waals surface area contributed by atoms with Crippen LogP contribution in [-0.4, -0.2) is 9.55 Å². The number of benzene rings is 1. The van der Waals surface area contributed by atoms with E-state index in [9.17, 15) is 0 Å². The monoisotopic (exact) mass is 312 g/mol. The van der Waals surface area contributed by atoms with E-state index in [0.717, 1.165) is 15.8 Å². The van der Waals surface area contributed by atoms with Crippen LogP contribution in [0.5, 0.6) is 0 Å². The molecule has 0 amide bonds. The molecule has 0 aliphatic heterocycles. The Morgan fingerprint density at radius 2 is 2.24 bits per heavy atom. The second kappa shape index (κ2) is 3.99. The number of aromatic nitrogens is 2. The van der Waals surface area contributed by atoms with Crippen molar-refractivity contribution in [2.75, 3.05) is 0 Å². The van der Waals surface area contributed by atoms with Crippen molar-refractivity contribution in [1.29, 1.82) is 0 Å². The lowest BCUT2D eigenvalue weighted by molar-refractivity contribution is 0.171. The van der Waals surface area contributed by atoms with E-state index in [1.165, 1.54) is 24.8 Å². The Labute approximate surface area is 114 Å². The molecule has 17 heavy (non-hydrogen) atoms. The molecule has 1 fully saturated rings. The van der Waals surface area contributed by atoms with Crippen LogP contribution >= 0.6 is 27.5 Å². The molecule has 1 aromatic heterocycles. The van der Waals surface area contributed by atoms with Gasteiger partial charge in [-0.1, -0.05) is 15.9 Å². The van der Waals surface area contributed by atoms with E-state index < -0.39 is 0 Å². The van der Waals surface area contributed by atoms with Gasteiger partial charge in [-0.15, -0.1) is 11.6 Å². The first-order valence-electron chi connectivity index (χ1n) is 5.87. The standard InChI is InChI=1S/C13H14BrClN2/c1-13(5-2-6-13)17-11-7-9(14)3-4-10(11)16-12(17)8-15/h3-4,7H,2,5-6,8H2,1H3. The van der Waals surface area contributed by atoms with Gasteiger partial charge in [0, 0.05) is 10.0 Å². The summed E-state index contributed by atoms with van der Waals surface area (Å²) >= 11 is 9.57. The molecule has 1 heterocycles. The van der Waals surface area contributed by atoms with E-state index in [1.807, 2.05) is 12.1 Å². The molecule has 1 aliphatic carbocycles. The van der Waals surface area contributed by atoms with Crippen molar-refractivity contribution in [2.45, 2.75) is 37.6 Å². The molecule has 3 rings (SSSR count). The molecule has 90 valence electrons. The number of imidazole rings is 1. The molecule has 0 bridgehead atoms. The highest BCUT2D eigenvalue weighted by molar-refractivity contribution is 9.10. The maximum Gasteiger partial charge on any atom is 0.125 e. The van der Waals surface area contributed by atoms with Crippen LogP contribution in [0.25, 0.3) is 11.0 Å². The molecule has 1 aliphatic rings. The molecular weight excluding hydrogens is 300 g/mol. The second-order valence-electron chi connectivity index (χ2n) is 4.98. The van der Waals surface area contributed by atoms with Crippen molar-refractivity contribution in [1.82, 2.24) is 9.55 Å². The molecule has 0 N–H and O–H groups in total. The summed E-state index contributed by atoms with van der Waals surface area (Å²) in [6, 6.07) is 6.22. The van der Waals surface area contributed by atoms with Crippen molar-refractivity contribution >= 4 is 38.6 Å². The van der Waals surface area contributed by atoms with Crippen molar-refractivity contribution in [3.8, 4) is 0 Å². The Kier molecular flexibility index (Phi) is 2.71. The van der Waals surface area contributed by atoms with Crippen molar-refractivity contribution < 1.29 is 0 Å². The highest BCUT2D eigenvalue weighted by atomic mass is 79.9. The number of nitrogens with zero attached hydrogens (tertiary/aromatic N) is 2. The summed E-state index contributed by atoms with van der Waals surface area (Å²) < 4.78 is 3.43. The van der Waals surface area contributed by atoms with E-state index in [-0.39, 0.29) is 5.54 Å². The molecule has 1 saturated carbocycles. The summed E-state index contributed by atoms with van der Waals surface area (Å²) in [5.41, 5.74) is 2.44. The lowest BCUT2D eigenvalue weighted by Crippen LogP contribution is -2.38. The smallest absolute Gasteiger partial charge is 0.125 e. The molecule has 1 aromatic carbocycles. The normalized spacial score (nSPS) is 18.3. The van der Waals surface area contributed by atoms with Crippen LogP contribution in [0.2, 0.25) is 0 Å². The van der Waals surface area contributed by atoms with Gasteiger partial charge in [-0.25, -0.2) is 4.98 Å². The molecule has 2 aromatic rings. The number of rotatable bonds is 2. The summed E-state index contributed by atoms with van der Waals surface area (Å²) in [6.07, 6.45) is 3.73. The number of fused-ring (bicyclic) bond motifs is 1. The van der Waals surface area contributed by atoms with Crippen LogP contribution in [0.1, 0.15) is 32.0 Å². The van der Waals surface area contributed by atoms with E-state index in [0.29, 0.717) is 5.88 Å². The van der Waals surface area contributed by atoms with Gasteiger partial charge in [0.25, 0.3) is 0 Å². The molecule has 0 unspecified atom stereocenters. The first kappa shape index (κ1) is 11.5. The zero-order valence-corrected chi connectivity index (χ0v) is 12.1. The van der Waals surface area contributed by atoms with E-state index in [1.54, 1.807) is 0 Å². The second-order valence-corrected chi connectivity index (χ2v) is 6.16. The summed E-state index contributed by atoms with van der Waals surface area (Å²) in [5.74, 6) is 1.46. The number of alkyl halides is 1. The van der Waals surface area contributed by atoms with Gasteiger partial charge in [0.05, 0.1) is 16.9 Å². The fourth-order valence-corrected chi connectivity index (χ4v) is 3.23. The van der Waals surface area contributed by atoms with Crippen LogP contribution in [0.3, 0.4) is 0 Å². The lowest BCUT2D eigenvalue weighted by atomic mass is 9.78. The fraction of sp³-hybridized carbons (Fsp3) is 0.462. The van der Waals surface area contributed by atoms with Crippen LogP contribution in [-0.2, 0) is 11.4 Å². The third kappa shape index (κ3) is 1.71. The topological polar surface area (TPSA) is 17.8 Å². The molecular formula is C13H14BrClN2. The first-order chi connectivity index (χ1) is 8.14. The quantitative estimate of drug-likeness (QED) is 0.750. The Balaban J connectivity index is 2.29. The maximum atomic E-state index is 6.04. The molecule has 0 atom stereocenters. The summed E-state index contributed by atoms with van der Waals surface area (Å²) in [6.45, 7) is 2.30. The summed E-state index contributed by atoms with van der Waals surface area (Å²) in [7, 11) is 0. The van der Waals surface area contributed by atoms with Gasteiger partial charge >= 0.3 is 0 Å². The third-order valence-corrected chi connectivity index (χ3v) is 4.51. The Hall–Kier alpha value is -0.540. The van der Waals surface area contributed by atoms with E-state index >= 15 is 0 Å². The highest BCUT2D eigenvalue weighted by Crippen LogP contribution is 2.42. The highest BCUT2D eigenvalue weighted by Gasteiger charge is 2.36. The van der Waals surface area contributed by atoms with E-state index in [2.05, 4.69) is 38.5 Å². The fourth-order valence-electron chi connectivity index (χ4n) is 2.70. The van der Waals surface area contributed by atoms with Gasteiger partial charge in [0.15, 0.2) is 0 Å². The first-order valence-corrected chi connectivity index (χ1v) is 7.20. The van der Waals surface area contributed by atoms with Crippen LogP contribution in [0.15, 0.2) is 22.7 Å². The third-order valence-electron chi connectivity index (χ3n) is 3.78. The zero-order valence-electron chi connectivity index (χ0n) is 9.71. The van der Waals surface area contributed by atoms with Gasteiger partial charge in [0.2, 0.25) is 0 Å². The Bertz CT molecular complexity index is 572. The minimum Gasteiger partial charge on any atom is -0.321 e. The summed E-state index contributed by atoms with van der Waals surface area (Å²) in [4.78, 5) is 4.63. The number of hydrogen-bond donors (Lipinski definition) is 0. The number of halogens is 2. The molecule has 0 radical (unpaired) electrons. The molecule has 0 saturated heterocycles. The van der Waals surface area contributed by atoms with Gasteiger partial charge in [-0.2, -0.15) is 0 Å². The van der Waals surface area contributed by atoms with E-state index in [4.69, 9.17) is 11.6 Å². The van der Waals surface area contributed by atoms with Crippen molar-refractivity contribution in [3.63, 3.8) is 0 Å². The largest absolute Gasteiger partial charge is 0.321 e. The van der Waals surface area contributed by atoms with Crippen LogP contribution in [0.4, 0.5) is 0 Å². The molecule has 0 spiro atoms. The minimum atomic E-state index is 0.208. The van der Waals surface area contributed by atoms with Crippen molar-refractivity contribution in [3.05, 3.63) is 28.5 Å². The average molecular weight is 314 g/mol. The minimum absolute atomic E-state index is 0.208. The van der Waals surface area contributed by atoms with Gasteiger partial charge in [-0.05, 0) is 44.4 Å². The van der Waals surface area contributed by atoms with Crippen molar-refractivity contribution in [2.24, 2.45) is 0 Å². The van der Waals surface area contributed by atoms with Crippen LogP contribution in [0, 0.1) is 0 Å². The zero-order chi connectivity index (χ0) is 12.0.